The van der Waals surface area contributed by atoms with Gasteiger partial charge in [-0.2, -0.15) is 0 Å². The molecule has 0 bridgehead atoms. The summed E-state index contributed by atoms with van der Waals surface area (Å²) in [5.41, 5.74) is 0. The predicted molar refractivity (Wildman–Crippen MR) is 64.3 cm³/mol. The van der Waals surface area contributed by atoms with E-state index in [0.717, 1.165) is 45.6 Å². The molecule has 0 aromatic rings. The van der Waals surface area contributed by atoms with E-state index in [1.54, 1.807) is 0 Å². The van der Waals surface area contributed by atoms with E-state index in [4.69, 9.17) is 0 Å². The van der Waals surface area contributed by atoms with Crippen LogP contribution in [0.4, 0.5) is 0 Å². The number of nitrogens with one attached hydrogen (secondary N) is 1. The molecule has 1 N–H and O–H groups in total. The Labute approximate surface area is 98.0 Å². The third kappa shape index (κ3) is 2.95. The van der Waals surface area contributed by atoms with Gasteiger partial charge in [-0.1, -0.05) is 6.42 Å². The topological polar surface area (TPSA) is 35.6 Å². The molecule has 1 amide bonds. The second-order valence-electron chi connectivity index (χ2n) is 4.98. The lowest BCUT2D eigenvalue weighted by molar-refractivity contribution is -0.133. The van der Waals surface area contributed by atoms with Gasteiger partial charge in [0.1, 0.15) is 0 Å². The molecule has 0 unspecified atom stereocenters. The summed E-state index contributed by atoms with van der Waals surface area (Å²) in [6.45, 7) is 4.96. The third-order valence-electron chi connectivity index (χ3n) is 3.64. The highest BCUT2D eigenvalue weighted by Gasteiger charge is 2.26. The first-order chi connectivity index (χ1) is 7.77. The van der Waals surface area contributed by atoms with Crippen molar-refractivity contribution in [3.8, 4) is 0 Å². The Morgan fingerprint density at radius 2 is 2.00 bits per heavy atom. The van der Waals surface area contributed by atoms with Gasteiger partial charge in [0.15, 0.2) is 0 Å². The monoisotopic (exact) mass is 225 g/mol. The van der Waals surface area contributed by atoms with Gasteiger partial charge >= 0.3 is 0 Å². The first kappa shape index (κ1) is 11.9. The molecule has 4 nitrogen and oxygen atoms in total. The van der Waals surface area contributed by atoms with Crippen molar-refractivity contribution in [2.75, 3.05) is 39.8 Å². The number of nitrogens with zero attached hydrogens (tertiary/aromatic N) is 2. The summed E-state index contributed by atoms with van der Waals surface area (Å²) < 4.78 is 0. The van der Waals surface area contributed by atoms with Gasteiger partial charge in [0.05, 0.1) is 6.04 Å². The van der Waals surface area contributed by atoms with E-state index in [2.05, 4.69) is 17.3 Å². The second kappa shape index (κ2) is 5.64. The number of hydrogen-bond donors (Lipinski definition) is 1. The van der Waals surface area contributed by atoms with Crippen LogP contribution in [0.5, 0.6) is 0 Å². The van der Waals surface area contributed by atoms with Gasteiger partial charge in [-0.05, 0) is 39.4 Å². The number of piperidine rings is 1. The Bertz CT molecular complexity index is 238. The molecule has 2 aliphatic heterocycles. The van der Waals surface area contributed by atoms with Gasteiger partial charge in [0.25, 0.3) is 0 Å². The smallest absolute Gasteiger partial charge is 0.239 e. The Hall–Kier alpha value is -0.610. The number of amides is 1. The van der Waals surface area contributed by atoms with Crippen LogP contribution in [0.15, 0.2) is 0 Å². The maximum absolute atomic E-state index is 12.3. The first-order valence-electron chi connectivity index (χ1n) is 6.48. The number of rotatable bonds is 1. The molecule has 1 atom stereocenters. The van der Waals surface area contributed by atoms with Crippen LogP contribution in [0.25, 0.3) is 0 Å². The summed E-state index contributed by atoms with van der Waals surface area (Å²) in [4.78, 5) is 16.6. The lowest BCUT2D eigenvalue weighted by atomic mass is 10.0. The van der Waals surface area contributed by atoms with Crippen LogP contribution in [0, 0.1) is 0 Å². The largest absolute Gasteiger partial charge is 0.340 e. The molecule has 0 saturated carbocycles. The zero-order valence-corrected chi connectivity index (χ0v) is 10.2. The van der Waals surface area contributed by atoms with Crippen LogP contribution in [-0.4, -0.2) is 61.5 Å². The van der Waals surface area contributed by atoms with Crippen LogP contribution in [-0.2, 0) is 4.79 Å². The van der Waals surface area contributed by atoms with Crippen molar-refractivity contribution in [2.24, 2.45) is 0 Å². The summed E-state index contributed by atoms with van der Waals surface area (Å²) in [7, 11) is 2.13. The summed E-state index contributed by atoms with van der Waals surface area (Å²) in [6.07, 6.45) is 4.53. The summed E-state index contributed by atoms with van der Waals surface area (Å²) in [5, 5.41) is 3.34. The van der Waals surface area contributed by atoms with E-state index in [9.17, 15) is 4.79 Å². The molecule has 2 rings (SSSR count). The maximum Gasteiger partial charge on any atom is 0.239 e. The van der Waals surface area contributed by atoms with Crippen molar-refractivity contribution in [3.05, 3.63) is 0 Å². The van der Waals surface area contributed by atoms with Crippen molar-refractivity contribution >= 4 is 5.91 Å². The van der Waals surface area contributed by atoms with Crippen LogP contribution in [0.2, 0.25) is 0 Å². The molecule has 2 fully saturated rings. The van der Waals surface area contributed by atoms with Crippen molar-refractivity contribution in [1.29, 1.82) is 0 Å². The molecule has 0 aromatic carbocycles. The lowest BCUT2D eigenvalue weighted by Crippen LogP contribution is -2.49. The van der Waals surface area contributed by atoms with Gasteiger partial charge in [0.2, 0.25) is 5.91 Å². The van der Waals surface area contributed by atoms with Gasteiger partial charge in [-0.15, -0.1) is 0 Å². The zero-order valence-electron chi connectivity index (χ0n) is 10.2. The van der Waals surface area contributed by atoms with E-state index < -0.39 is 0 Å². The van der Waals surface area contributed by atoms with Crippen LogP contribution in [0.1, 0.15) is 25.7 Å². The molecule has 0 spiro atoms. The first-order valence-corrected chi connectivity index (χ1v) is 6.48. The average molecular weight is 225 g/mol. The molecule has 2 heterocycles. The number of likely N-dealkylation sites (N-methyl/N-ethyl adjacent to an activating group) is 1. The lowest BCUT2D eigenvalue weighted by Gasteiger charge is -2.29. The molecule has 16 heavy (non-hydrogen) atoms. The van der Waals surface area contributed by atoms with Crippen molar-refractivity contribution < 1.29 is 4.79 Å². The highest BCUT2D eigenvalue weighted by atomic mass is 16.2. The van der Waals surface area contributed by atoms with E-state index in [0.29, 0.717) is 5.91 Å². The van der Waals surface area contributed by atoms with Crippen molar-refractivity contribution in [2.45, 2.75) is 31.7 Å². The normalized spacial score (nSPS) is 28.8. The van der Waals surface area contributed by atoms with Crippen LogP contribution in [0.3, 0.4) is 0 Å². The molecule has 0 aromatic heterocycles. The molecule has 2 saturated heterocycles. The summed E-state index contributed by atoms with van der Waals surface area (Å²) >= 11 is 0. The Kier molecular flexibility index (Phi) is 4.18. The molecule has 0 aliphatic carbocycles. The fourth-order valence-corrected chi connectivity index (χ4v) is 2.55. The third-order valence-corrected chi connectivity index (χ3v) is 3.64. The van der Waals surface area contributed by atoms with E-state index in [1.807, 2.05) is 4.90 Å². The molecule has 2 aliphatic rings. The Morgan fingerprint density at radius 1 is 1.12 bits per heavy atom. The Morgan fingerprint density at radius 3 is 2.75 bits per heavy atom. The fraction of sp³-hybridized carbons (Fsp3) is 0.917. The van der Waals surface area contributed by atoms with Crippen LogP contribution >= 0.6 is 0 Å². The summed E-state index contributed by atoms with van der Waals surface area (Å²) in [6, 6.07) is 0.0946. The Balaban J connectivity index is 1.87. The van der Waals surface area contributed by atoms with Gasteiger partial charge < -0.3 is 15.1 Å². The predicted octanol–water partition coefficient (Wildman–Crippen LogP) is 0.293. The number of carbonyl (C=O) groups excluding carboxylic acids is 1. The highest BCUT2D eigenvalue weighted by molar-refractivity contribution is 5.82. The summed E-state index contributed by atoms with van der Waals surface area (Å²) in [5.74, 6) is 0.329. The van der Waals surface area contributed by atoms with E-state index in [-0.39, 0.29) is 6.04 Å². The van der Waals surface area contributed by atoms with Gasteiger partial charge in [-0.25, -0.2) is 0 Å². The second-order valence-corrected chi connectivity index (χ2v) is 4.98. The minimum Gasteiger partial charge on any atom is -0.340 e. The minimum atomic E-state index is 0.0946. The number of hydrogen-bond acceptors (Lipinski definition) is 3. The SMILES string of the molecule is CN1CCCN(C(=O)[C@@H]2CCCCN2)CC1. The van der Waals surface area contributed by atoms with Gasteiger partial charge in [0, 0.05) is 19.6 Å². The minimum absolute atomic E-state index is 0.0946. The van der Waals surface area contributed by atoms with Crippen molar-refractivity contribution in [1.82, 2.24) is 15.1 Å². The molecule has 4 heteroatoms. The average Bonchev–Trinajstić information content (AvgIpc) is 2.54. The van der Waals surface area contributed by atoms with E-state index in [1.165, 1.54) is 12.8 Å². The molecular weight excluding hydrogens is 202 g/mol. The maximum atomic E-state index is 12.3. The van der Waals surface area contributed by atoms with Gasteiger partial charge in [-0.3, -0.25) is 4.79 Å². The van der Waals surface area contributed by atoms with Crippen molar-refractivity contribution in [3.63, 3.8) is 0 Å². The van der Waals surface area contributed by atoms with Crippen LogP contribution < -0.4 is 5.32 Å². The standard InChI is InChI=1S/C12H23N3O/c1-14-7-4-8-15(10-9-14)12(16)11-5-2-3-6-13-11/h11,13H,2-10H2,1H3/t11-/m0/s1. The zero-order chi connectivity index (χ0) is 11.4. The molecule has 92 valence electrons. The quantitative estimate of drug-likeness (QED) is 0.697. The molecular formula is C12H23N3O. The fourth-order valence-electron chi connectivity index (χ4n) is 2.55. The van der Waals surface area contributed by atoms with E-state index >= 15 is 0 Å². The number of carbonyl (C=O) groups is 1. The highest BCUT2D eigenvalue weighted by Crippen LogP contribution is 2.11. The molecule has 0 radical (unpaired) electrons.